The molecule has 1 amide bonds. The molecule has 3 rings (SSSR count). The van der Waals surface area contributed by atoms with E-state index in [1.807, 2.05) is 63.2 Å². The Hall–Kier alpha value is -3.41. The van der Waals surface area contributed by atoms with Gasteiger partial charge in [-0.3, -0.25) is 9.59 Å². The molecule has 2 aromatic carbocycles. The molecule has 0 radical (unpaired) electrons. The zero-order chi connectivity index (χ0) is 21.0. The molecule has 0 saturated carbocycles. The molecule has 6 nitrogen and oxygen atoms in total. The lowest BCUT2D eigenvalue weighted by Crippen LogP contribution is -2.31. The first-order chi connectivity index (χ1) is 13.9. The van der Waals surface area contributed by atoms with Crippen molar-refractivity contribution < 1.29 is 9.53 Å². The number of aromatic nitrogens is 2. The van der Waals surface area contributed by atoms with Crippen molar-refractivity contribution in [3.63, 3.8) is 0 Å². The third-order valence-corrected chi connectivity index (χ3v) is 4.83. The van der Waals surface area contributed by atoms with Gasteiger partial charge in [-0.05, 0) is 62.1 Å². The summed E-state index contributed by atoms with van der Waals surface area (Å²) in [5.41, 5.74) is 4.39. The van der Waals surface area contributed by atoms with E-state index < -0.39 is 6.10 Å². The molecule has 29 heavy (non-hydrogen) atoms. The molecule has 0 bridgehead atoms. The fourth-order valence-corrected chi connectivity index (χ4v) is 2.92. The highest BCUT2D eigenvalue weighted by molar-refractivity contribution is 5.94. The second-order valence-electron chi connectivity index (χ2n) is 6.95. The molecule has 1 unspecified atom stereocenters. The number of hydrogen-bond donors (Lipinski definition) is 1. The Morgan fingerprint density at radius 1 is 1.10 bits per heavy atom. The van der Waals surface area contributed by atoms with Gasteiger partial charge in [-0.25, -0.2) is 0 Å². The van der Waals surface area contributed by atoms with Crippen LogP contribution >= 0.6 is 0 Å². The van der Waals surface area contributed by atoms with E-state index in [2.05, 4.69) is 10.4 Å². The van der Waals surface area contributed by atoms with Crippen molar-refractivity contribution in [1.82, 2.24) is 9.78 Å². The SMILES string of the molecule is CCc1ccccc1NC(=O)C(C)Oc1ccc(=O)n(-c2ccc(C)c(C)c2)n1. The van der Waals surface area contributed by atoms with Gasteiger partial charge in [0.05, 0.1) is 5.69 Å². The Labute approximate surface area is 170 Å². The number of rotatable bonds is 6. The summed E-state index contributed by atoms with van der Waals surface area (Å²) >= 11 is 0. The van der Waals surface area contributed by atoms with E-state index in [1.165, 1.54) is 16.8 Å². The fraction of sp³-hybridized carbons (Fsp3) is 0.261. The van der Waals surface area contributed by atoms with Crippen molar-refractivity contribution >= 4 is 11.6 Å². The zero-order valence-corrected chi connectivity index (χ0v) is 17.1. The largest absolute Gasteiger partial charge is 0.463 e. The van der Waals surface area contributed by atoms with Gasteiger partial charge in [0, 0.05) is 17.8 Å². The fourth-order valence-electron chi connectivity index (χ4n) is 2.92. The van der Waals surface area contributed by atoms with Crippen LogP contribution in [0.15, 0.2) is 59.4 Å². The highest BCUT2D eigenvalue weighted by atomic mass is 16.5. The van der Waals surface area contributed by atoms with Crippen LogP contribution in [0.4, 0.5) is 5.69 Å². The molecule has 1 heterocycles. The quantitative estimate of drug-likeness (QED) is 0.693. The summed E-state index contributed by atoms with van der Waals surface area (Å²) in [5, 5.41) is 7.17. The molecule has 1 N–H and O–H groups in total. The molecule has 1 atom stereocenters. The van der Waals surface area contributed by atoms with Gasteiger partial charge >= 0.3 is 0 Å². The summed E-state index contributed by atoms with van der Waals surface area (Å²) in [6.07, 6.45) is 0.0341. The Bertz CT molecular complexity index is 1090. The molecule has 0 aliphatic heterocycles. The summed E-state index contributed by atoms with van der Waals surface area (Å²) in [4.78, 5) is 24.8. The lowest BCUT2D eigenvalue weighted by molar-refractivity contribution is -0.122. The Morgan fingerprint density at radius 2 is 1.86 bits per heavy atom. The standard InChI is InChI=1S/C23H25N3O3/c1-5-18-8-6-7-9-20(18)24-23(28)17(4)29-21-12-13-22(27)26(25-21)19-11-10-15(2)16(3)14-19/h6-14,17H,5H2,1-4H3,(H,24,28). The maximum absolute atomic E-state index is 12.6. The Balaban J connectivity index is 1.78. The monoisotopic (exact) mass is 391 g/mol. The molecular weight excluding hydrogens is 366 g/mol. The normalized spacial score (nSPS) is 11.7. The molecule has 0 saturated heterocycles. The van der Waals surface area contributed by atoms with Gasteiger partial charge in [0.1, 0.15) is 0 Å². The van der Waals surface area contributed by atoms with Crippen LogP contribution in [0.3, 0.4) is 0 Å². The third kappa shape index (κ3) is 4.71. The van der Waals surface area contributed by atoms with Gasteiger partial charge in [0.25, 0.3) is 11.5 Å². The van der Waals surface area contributed by atoms with E-state index in [-0.39, 0.29) is 17.3 Å². The minimum atomic E-state index is -0.780. The van der Waals surface area contributed by atoms with Crippen molar-refractivity contribution in [3.05, 3.63) is 81.6 Å². The van der Waals surface area contributed by atoms with E-state index in [0.717, 1.165) is 28.8 Å². The van der Waals surface area contributed by atoms with Crippen molar-refractivity contribution in [3.8, 4) is 11.6 Å². The van der Waals surface area contributed by atoms with Crippen molar-refractivity contribution in [1.29, 1.82) is 0 Å². The first-order valence-corrected chi connectivity index (χ1v) is 9.62. The van der Waals surface area contributed by atoms with Gasteiger partial charge in [0.15, 0.2) is 6.10 Å². The van der Waals surface area contributed by atoms with E-state index in [4.69, 9.17) is 4.74 Å². The maximum atomic E-state index is 12.6. The number of nitrogens with one attached hydrogen (secondary N) is 1. The predicted octanol–water partition coefficient (Wildman–Crippen LogP) is 3.82. The lowest BCUT2D eigenvalue weighted by atomic mass is 10.1. The minimum Gasteiger partial charge on any atom is -0.463 e. The molecule has 6 heteroatoms. The van der Waals surface area contributed by atoms with Crippen LogP contribution in [0.5, 0.6) is 5.88 Å². The number of carbonyl (C=O) groups excluding carboxylic acids is 1. The molecular formula is C23H25N3O3. The van der Waals surface area contributed by atoms with Gasteiger partial charge < -0.3 is 10.1 Å². The van der Waals surface area contributed by atoms with Crippen LogP contribution < -0.4 is 15.6 Å². The van der Waals surface area contributed by atoms with E-state index in [0.29, 0.717) is 5.69 Å². The maximum Gasteiger partial charge on any atom is 0.271 e. The van der Waals surface area contributed by atoms with Crippen LogP contribution in [0, 0.1) is 13.8 Å². The molecule has 0 aliphatic rings. The lowest BCUT2D eigenvalue weighted by Gasteiger charge is -2.16. The van der Waals surface area contributed by atoms with Crippen LogP contribution in [-0.4, -0.2) is 21.8 Å². The summed E-state index contributed by atoms with van der Waals surface area (Å²) < 4.78 is 6.99. The Kier molecular flexibility index (Phi) is 6.12. The van der Waals surface area contributed by atoms with Crippen LogP contribution in [0.1, 0.15) is 30.5 Å². The van der Waals surface area contributed by atoms with Gasteiger partial charge in [-0.1, -0.05) is 31.2 Å². The van der Waals surface area contributed by atoms with Crippen LogP contribution in [0.25, 0.3) is 5.69 Å². The molecule has 0 fully saturated rings. The zero-order valence-electron chi connectivity index (χ0n) is 17.1. The number of aryl methyl sites for hydroxylation is 3. The second-order valence-corrected chi connectivity index (χ2v) is 6.95. The highest BCUT2D eigenvalue weighted by Crippen LogP contribution is 2.17. The van der Waals surface area contributed by atoms with Crippen LogP contribution in [0.2, 0.25) is 0 Å². The number of nitrogens with zero attached hydrogens (tertiary/aromatic N) is 2. The number of carbonyl (C=O) groups is 1. The van der Waals surface area contributed by atoms with E-state index in [1.54, 1.807) is 6.92 Å². The summed E-state index contributed by atoms with van der Waals surface area (Å²) in [6, 6.07) is 16.2. The number of hydrogen-bond acceptors (Lipinski definition) is 4. The summed E-state index contributed by atoms with van der Waals surface area (Å²) in [7, 11) is 0. The topological polar surface area (TPSA) is 73.2 Å². The molecule has 150 valence electrons. The number of amides is 1. The number of anilines is 1. The molecule has 3 aromatic rings. The second kappa shape index (κ2) is 8.73. The smallest absolute Gasteiger partial charge is 0.271 e. The first-order valence-electron chi connectivity index (χ1n) is 9.62. The summed E-state index contributed by atoms with van der Waals surface area (Å²) in [5.74, 6) is -0.0779. The van der Waals surface area contributed by atoms with Gasteiger partial charge in [-0.2, -0.15) is 4.68 Å². The van der Waals surface area contributed by atoms with Crippen molar-refractivity contribution in [2.75, 3.05) is 5.32 Å². The third-order valence-electron chi connectivity index (χ3n) is 4.83. The minimum absolute atomic E-state index is 0.203. The Morgan fingerprint density at radius 3 is 2.59 bits per heavy atom. The average molecular weight is 391 g/mol. The highest BCUT2D eigenvalue weighted by Gasteiger charge is 2.17. The average Bonchev–Trinajstić information content (AvgIpc) is 2.72. The number of ether oxygens (including phenoxy) is 1. The van der Waals surface area contributed by atoms with E-state index >= 15 is 0 Å². The number of benzene rings is 2. The van der Waals surface area contributed by atoms with Gasteiger partial charge in [-0.15, -0.1) is 5.10 Å². The first kappa shape index (κ1) is 20.3. The van der Waals surface area contributed by atoms with E-state index in [9.17, 15) is 9.59 Å². The molecule has 0 spiro atoms. The predicted molar refractivity (Wildman–Crippen MR) is 114 cm³/mol. The van der Waals surface area contributed by atoms with Gasteiger partial charge in [0.2, 0.25) is 5.88 Å². The number of para-hydroxylation sites is 1. The van der Waals surface area contributed by atoms with Crippen molar-refractivity contribution in [2.24, 2.45) is 0 Å². The molecule has 0 aliphatic carbocycles. The van der Waals surface area contributed by atoms with Crippen molar-refractivity contribution in [2.45, 2.75) is 40.2 Å². The summed E-state index contributed by atoms with van der Waals surface area (Å²) in [6.45, 7) is 7.67. The van der Waals surface area contributed by atoms with Crippen LogP contribution in [-0.2, 0) is 11.2 Å². The molecule has 1 aromatic heterocycles.